The number of nitrogens with one attached hydrogen (secondary N) is 1. The molecule has 0 saturated heterocycles. The van der Waals surface area contributed by atoms with Crippen LogP contribution in [0, 0.1) is 0 Å². The molecule has 25 heavy (non-hydrogen) atoms. The van der Waals surface area contributed by atoms with E-state index in [2.05, 4.69) is 22.1 Å². The molecular weight excluding hydrogens is 340 g/mol. The second kappa shape index (κ2) is 7.70. The Bertz CT molecular complexity index is 893. The van der Waals surface area contributed by atoms with Crippen molar-refractivity contribution in [2.24, 2.45) is 0 Å². The Balaban J connectivity index is 2.10. The van der Waals surface area contributed by atoms with Crippen molar-refractivity contribution in [3.05, 3.63) is 29.4 Å². The first-order chi connectivity index (χ1) is 12.2. The first-order valence-corrected chi connectivity index (χ1v) is 8.91. The Morgan fingerprint density at radius 1 is 1.28 bits per heavy atom. The van der Waals surface area contributed by atoms with Crippen LogP contribution in [-0.2, 0) is 4.74 Å². The van der Waals surface area contributed by atoms with Gasteiger partial charge in [0.05, 0.1) is 17.5 Å². The fourth-order valence-corrected chi connectivity index (χ4v) is 2.99. The Morgan fingerprint density at radius 2 is 2.08 bits per heavy atom. The lowest BCUT2D eigenvalue weighted by Crippen LogP contribution is -2.33. The number of rotatable bonds is 6. The molecule has 1 N–H and O–H groups in total. The number of fused-ring (bicyclic) bond motifs is 3. The fourth-order valence-electron chi connectivity index (χ4n) is 2.77. The van der Waals surface area contributed by atoms with E-state index in [1.807, 2.05) is 31.2 Å². The van der Waals surface area contributed by atoms with Gasteiger partial charge in [-0.05, 0) is 18.9 Å². The first kappa shape index (κ1) is 17.5. The highest BCUT2D eigenvalue weighted by atomic mass is 35.5. The molecule has 0 unspecified atom stereocenters. The van der Waals surface area contributed by atoms with Crippen molar-refractivity contribution < 1.29 is 9.53 Å². The van der Waals surface area contributed by atoms with Gasteiger partial charge < -0.3 is 4.74 Å². The van der Waals surface area contributed by atoms with Gasteiger partial charge in [-0.1, -0.05) is 50.1 Å². The molecular formula is C18H21ClN4O2. The van der Waals surface area contributed by atoms with E-state index in [9.17, 15) is 4.79 Å². The van der Waals surface area contributed by atoms with Crippen molar-refractivity contribution in [3.63, 3.8) is 0 Å². The predicted molar refractivity (Wildman–Crippen MR) is 100 cm³/mol. The van der Waals surface area contributed by atoms with Crippen LogP contribution in [0.1, 0.15) is 33.1 Å². The summed E-state index contributed by atoms with van der Waals surface area (Å²) in [5.74, 6) is 0.527. The van der Waals surface area contributed by atoms with E-state index in [4.69, 9.17) is 16.3 Å². The number of H-pyrrole nitrogens is 1. The van der Waals surface area contributed by atoms with Gasteiger partial charge >= 0.3 is 6.09 Å². The minimum Gasteiger partial charge on any atom is -0.449 e. The number of benzene rings is 1. The van der Waals surface area contributed by atoms with Crippen LogP contribution >= 0.6 is 11.6 Å². The number of carbonyl (C=O) groups excluding carboxylic acids is 1. The summed E-state index contributed by atoms with van der Waals surface area (Å²) in [4.78, 5) is 18.5. The van der Waals surface area contributed by atoms with Crippen LogP contribution < -0.4 is 4.90 Å². The molecule has 2 heterocycles. The number of ether oxygens (including phenoxy) is 1. The first-order valence-electron chi connectivity index (χ1n) is 8.54. The van der Waals surface area contributed by atoms with Crippen LogP contribution in [0.25, 0.3) is 21.8 Å². The summed E-state index contributed by atoms with van der Waals surface area (Å²) in [6, 6.07) is 7.67. The normalized spacial score (nSPS) is 11.2. The number of halogens is 1. The van der Waals surface area contributed by atoms with Gasteiger partial charge in [0.15, 0.2) is 11.0 Å². The van der Waals surface area contributed by atoms with Crippen LogP contribution in [0.4, 0.5) is 10.6 Å². The molecule has 0 saturated carbocycles. The summed E-state index contributed by atoms with van der Waals surface area (Å²) in [6.07, 6.45) is 2.21. The van der Waals surface area contributed by atoms with E-state index in [1.165, 1.54) is 0 Å². The van der Waals surface area contributed by atoms with Gasteiger partial charge in [0.25, 0.3) is 0 Å². The number of anilines is 1. The molecule has 6 nitrogen and oxygen atoms in total. The van der Waals surface area contributed by atoms with Gasteiger partial charge in [0.1, 0.15) is 5.52 Å². The zero-order chi connectivity index (χ0) is 17.8. The maximum Gasteiger partial charge on any atom is 0.415 e. The molecule has 0 bridgehead atoms. The lowest BCUT2D eigenvalue weighted by molar-refractivity contribution is 0.152. The molecule has 132 valence electrons. The second-order valence-electron chi connectivity index (χ2n) is 5.84. The number of carbonyl (C=O) groups is 1. The minimum absolute atomic E-state index is 0.336. The third-order valence-corrected chi connectivity index (χ3v) is 4.27. The molecule has 0 aliphatic heterocycles. The van der Waals surface area contributed by atoms with Crippen LogP contribution in [0.3, 0.4) is 0 Å². The van der Waals surface area contributed by atoms with Crippen LogP contribution in [0.15, 0.2) is 24.3 Å². The molecule has 0 aliphatic carbocycles. The predicted octanol–water partition coefficient (Wildman–Crippen LogP) is 4.92. The molecule has 0 fully saturated rings. The number of aromatic amines is 1. The van der Waals surface area contributed by atoms with Crippen LogP contribution in [0.2, 0.25) is 5.15 Å². The number of hydrogen-bond acceptors (Lipinski definition) is 4. The molecule has 0 spiro atoms. The molecule has 0 atom stereocenters. The fraction of sp³-hybridized carbons (Fsp3) is 0.389. The maximum absolute atomic E-state index is 12.6. The third-order valence-electron chi connectivity index (χ3n) is 3.99. The number of amides is 1. The number of nitrogens with zero attached hydrogens (tertiary/aromatic N) is 3. The van der Waals surface area contributed by atoms with Gasteiger partial charge in [0.2, 0.25) is 0 Å². The molecule has 7 heteroatoms. The average molecular weight is 361 g/mol. The van der Waals surface area contributed by atoms with Gasteiger partial charge in [-0.15, -0.1) is 0 Å². The number of para-hydroxylation sites is 1. The summed E-state index contributed by atoms with van der Waals surface area (Å²) in [6.45, 7) is 4.98. The average Bonchev–Trinajstić information content (AvgIpc) is 3.05. The Kier molecular flexibility index (Phi) is 5.38. The Labute approximate surface area is 151 Å². The molecule has 1 aromatic carbocycles. The lowest BCUT2D eigenvalue weighted by atomic mass is 10.1. The van der Waals surface area contributed by atoms with E-state index < -0.39 is 0 Å². The molecule has 2 aromatic heterocycles. The topological polar surface area (TPSA) is 71.1 Å². The zero-order valence-corrected chi connectivity index (χ0v) is 15.1. The molecule has 0 aliphatic rings. The van der Waals surface area contributed by atoms with E-state index in [1.54, 1.807) is 4.90 Å². The zero-order valence-electron chi connectivity index (χ0n) is 14.4. The lowest BCUT2D eigenvalue weighted by Gasteiger charge is -2.20. The number of hydrogen-bond donors (Lipinski definition) is 1. The molecule has 1 amide bonds. The molecule has 0 radical (unpaired) electrons. The summed E-state index contributed by atoms with van der Waals surface area (Å²) in [7, 11) is 0. The second-order valence-corrected chi connectivity index (χ2v) is 6.19. The van der Waals surface area contributed by atoms with Gasteiger partial charge in [-0.3, -0.25) is 10.00 Å². The highest BCUT2D eigenvalue weighted by Crippen LogP contribution is 2.34. The maximum atomic E-state index is 12.6. The monoisotopic (exact) mass is 360 g/mol. The number of unbranched alkanes of at least 4 members (excludes halogenated alkanes) is 1. The van der Waals surface area contributed by atoms with Crippen molar-refractivity contribution >= 4 is 45.3 Å². The van der Waals surface area contributed by atoms with Gasteiger partial charge in [-0.2, -0.15) is 5.10 Å². The van der Waals surface area contributed by atoms with E-state index >= 15 is 0 Å². The van der Waals surface area contributed by atoms with Gasteiger partial charge in [-0.25, -0.2) is 9.78 Å². The largest absolute Gasteiger partial charge is 0.449 e. The van der Waals surface area contributed by atoms with Crippen LogP contribution in [-0.4, -0.2) is 34.4 Å². The third kappa shape index (κ3) is 3.39. The standard InChI is InChI=1S/C18H21ClN4O2/c1-3-5-11-25-18(24)23(10-4-2)17-14-12-8-6-7-9-13(12)20-16(19)15(14)21-22-17/h6-9H,3-5,10-11H2,1-2H3,(H,21,22). The Morgan fingerprint density at radius 3 is 2.84 bits per heavy atom. The number of aromatic nitrogens is 3. The highest BCUT2D eigenvalue weighted by Gasteiger charge is 2.24. The van der Waals surface area contributed by atoms with Crippen molar-refractivity contribution in [1.82, 2.24) is 15.2 Å². The summed E-state index contributed by atoms with van der Waals surface area (Å²) in [5.41, 5.74) is 1.39. The molecule has 3 rings (SSSR count). The summed E-state index contributed by atoms with van der Waals surface area (Å²) < 4.78 is 5.40. The van der Waals surface area contributed by atoms with E-state index in [-0.39, 0.29) is 6.09 Å². The highest BCUT2D eigenvalue weighted by molar-refractivity contribution is 6.36. The quantitative estimate of drug-likeness (QED) is 0.500. The smallest absolute Gasteiger partial charge is 0.415 e. The van der Waals surface area contributed by atoms with E-state index in [0.717, 1.165) is 35.6 Å². The van der Waals surface area contributed by atoms with E-state index in [0.29, 0.717) is 29.6 Å². The Hall–Kier alpha value is -2.34. The van der Waals surface area contributed by atoms with Gasteiger partial charge in [0, 0.05) is 11.9 Å². The van der Waals surface area contributed by atoms with Crippen molar-refractivity contribution in [2.75, 3.05) is 18.1 Å². The number of pyridine rings is 1. The van der Waals surface area contributed by atoms with Crippen molar-refractivity contribution in [2.45, 2.75) is 33.1 Å². The SMILES string of the molecule is CCCCOC(=O)N(CCC)c1n[nH]c2c(Cl)nc3ccccc3c12. The van der Waals surface area contributed by atoms with Crippen molar-refractivity contribution in [3.8, 4) is 0 Å². The van der Waals surface area contributed by atoms with Crippen molar-refractivity contribution in [1.29, 1.82) is 0 Å². The van der Waals surface area contributed by atoms with Crippen LogP contribution in [0.5, 0.6) is 0 Å². The summed E-state index contributed by atoms with van der Waals surface area (Å²) >= 11 is 6.30. The minimum atomic E-state index is -0.388. The summed E-state index contributed by atoms with van der Waals surface area (Å²) in [5, 5.41) is 9.29. The molecule has 3 aromatic rings.